The standard InChI is InChI=1S/C13H16O2/c1-3-5-10-15-13-9-7-6-8-11(13)12(14)4-2/h6-9,12,14H,4,10H2,1-2H3. The van der Waals surface area contributed by atoms with E-state index in [1.54, 1.807) is 6.92 Å². The lowest BCUT2D eigenvalue weighted by Gasteiger charge is -2.13. The van der Waals surface area contributed by atoms with E-state index in [4.69, 9.17) is 4.74 Å². The molecule has 0 saturated heterocycles. The maximum atomic E-state index is 9.75. The summed E-state index contributed by atoms with van der Waals surface area (Å²) in [5.41, 5.74) is 0.831. The number of aliphatic hydroxyl groups is 1. The van der Waals surface area contributed by atoms with E-state index in [1.165, 1.54) is 0 Å². The Kier molecular flexibility index (Phi) is 4.73. The molecule has 0 spiro atoms. The minimum atomic E-state index is -0.462. The average Bonchev–Trinajstić information content (AvgIpc) is 2.29. The molecule has 15 heavy (non-hydrogen) atoms. The monoisotopic (exact) mass is 204 g/mol. The van der Waals surface area contributed by atoms with Crippen molar-refractivity contribution in [3.63, 3.8) is 0 Å². The molecule has 0 radical (unpaired) electrons. The average molecular weight is 204 g/mol. The summed E-state index contributed by atoms with van der Waals surface area (Å²) in [6.07, 6.45) is 0.218. The van der Waals surface area contributed by atoms with Crippen LogP contribution in [-0.2, 0) is 0 Å². The molecule has 2 nitrogen and oxygen atoms in total. The van der Waals surface area contributed by atoms with Crippen LogP contribution in [0, 0.1) is 11.8 Å². The second-order valence-electron chi connectivity index (χ2n) is 3.18. The van der Waals surface area contributed by atoms with Crippen LogP contribution in [0.2, 0.25) is 0 Å². The predicted octanol–water partition coefficient (Wildman–Crippen LogP) is 2.53. The van der Waals surface area contributed by atoms with Crippen LogP contribution in [-0.4, -0.2) is 11.7 Å². The summed E-state index contributed by atoms with van der Waals surface area (Å²) in [4.78, 5) is 0. The van der Waals surface area contributed by atoms with Crippen LogP contribution in [0.5, 0.6) is 5.75 Å². The Bertz CT molecular complexity index is 360. The Morgan fingerprint density at radius 1 is 1.40 bits per heavy atom. The van der Waals surface area contributed by atoms with Gasteiger partial charge < -0.3 is 9.84 Å². The van der Waals surface area contributed by atoms with Crippen LogP contribution in [0.3, 0.4) is 0 Å². The first kappa shape index (κ1) is 11.6. The third kappa shape index (κ3) is 3.30. The van der Waals surface area contributed by atoms with Gasteiger partial charge in [-0.2, -0.15) is 0 Å². The maximum Gasteiger partial charge on any atom is 0.149 e. The quantitative estimate of drug-likeness (QED) is 0.764. The molecule has 1 N–H and O–H groups in total. The fraction of sp³-hybridized carbons (Fsp3) is 0.385. The van der Waals surface area contributed by atoms with Crippen LogP contribution in [0.1, 0.15) is 31.9 Å². The Morgan fingerprint density at radius 2 is 2.13 bits per heavy atom. The third-order valence-corrected chi connectivity index (χ3v) is 2.14. The fourth-order valence-electron chi connectivity index (χ4n) is 1.29. The van der Waals surface area contributed by atoms with E-state index >= 15 is 0 Å². The molecule has 0 aliphatic carbocycles. The first-order valence-electron chi connectivity index (χ1n) is 5.09. The third-order valence-electron chi connectivity index (χ3n) is 2.14. The summed E-state index contributed by atoms with van der Waals surface area (Å²) in [5, 5.41) is 9.75. The van der Waals surface area contributed by atoms with Crippen molar-refractivity contribution in [2.24, 2.45) is 0 Å². The van der Waals surface area contributed by atoms with E-state index in [1.807, 2.05) is 31.2 Å². The van der Waals surface area contributed by atoms with Crippen molar-refractivity contribution in [3.8, 4) is 17.6 Å². The molecule has 0 bridgehead atoms. The highest BCUT2D eigenvalue weighted by molar-refractivity contribution is 5.35. The molecule has 80 valence electrons. The second-order valence-corrected chi connectivity index (χ2v) is 3.18. The van der Waals surface area contributed by atoms with E-state index in [0.717, 1.165) is 11.3 Å². The molecule has 0 saturated carbocycles. The van der Waals surface area contributed by atoms with Crippen LogP contribution in [0.25, 0.3) is 0 Å². The molecular weight excluding hydrogens is 188 g/mol. The topological polar surface area (TPSA) is 29.5 Å². The van der Waals surface area contributed by atoms with Gasteiger partial charge in [-0.25, -0.2) is 0 Å². The number of ether oxygens (including phenoxy) is 1. The summed E-state index contributed by atoms with van der Waals surface area (Å²) in [6, 6.07) is 7.52. The van der Waals surface area contributed by atoms with E-state index in [0.29, 0.717) is 13.0 Å². The zero-order valence-corrected chi connectivity index (χ0v) is 9.16. The van der Waals surface area contributed by atoms with Crippen molar-refractivity contribution < 1.29 is 9.84 Å². The summed E-state index contributed by atoms with van der Waals surface area (Å²) in [6.45, 7) is 4.08. The van der Waals surface area contributed by atoms with Gasteiger partial charge in [0.15, 0.2) is 0 Å². The predicted molar refractivity (Wildman–Crippen MR) is 60.6 cm³/mol. The Morgan fingerprint density at radius 3 is 2.80 bits per heavy atom. The van der Waals surface area contributed by atoms with Gasteiger partial charge in [-0.1, -0.05) is 31.0 Å². The Balaban J connectivity index is 2.79. The number of para-hydroxylation sites is 1. The number of hydrogen-bond acceptors (Lipinski definition) is 2. The first-order valence-corrected chi connectivity index (χ1v) is 5.09. The lowest BCUT2D eigenvalue weighted by Crippen LogP contribution is -2.02. The molecular formula is C13H16O2. The Labute approximate surface area is 90.9 Å². The van der Waals surface area contributed by atoms with Crippen molar-refractivity contribution in [1.82, 2.24) is 0 Å². The van der Waals surface area contributed by atoms with Crippen molar-refractivity contribution in [3.05, 3.63) is 29.8 Å². The van der Waals surface area contributed by atoms with Crippen molar-refractivity contribution in [1.29, 1.82) is 0 Å². The SMILES string of the molecule is CC#CCOc1ccccc1C(O)CC. The zero-order valence-electron chi connectivity index (χ0n) is 9.16. The summed E-state index contributed by atoms with van der Waals surface area (Å²) < 4.78 is 5.47. The van der Waals surface area contributed by atoms with Gasteiger partial charge in [0.25, 0.3) is 0 Å². The van der Waals surface area contributed by atoms with Gasteiger partial charge in [0.05, 0.1) is 6.10 Å². The van der Waals surface area contributed by atoms with Crippen LogP contribution >= 0.6 is 0 Å². The van der Waals surface area contributed by atoms with E-state index in [9.17, 15) is 5.11 Å². The molecule has 0 aliphatic rings. The smallest absolute Gasteiger partial charge is 0.149 e. The van der Waals surface area contributed by atoms with Crippen LogP contribution in [0.15, 0.2) is 24.3 Å². The van der Waals surface area contributed by atoms with Gasteiger partial charge >= 0.3 is 0 Å². The molecule has 0 heterocycles. The number of aliphatic hydroxyl groups excluding tert-OH is 1. The molecule has 0 amide bonds. The molecule has 1 unspecified atom stereocenters. The van der Waals surface area contributed by atoms with Gasteiger partial charge in [0.2, 0.25) is 0 Å². The normalized spacial score (nSPS) is 11.4. The zero-order chi connectivity index (χ0) is 11.1. The summed E-state index contributed by atoms with van der Waals surface area (Å²) in [7, 11) is 0. The lowest BCUT2D eigenvalue weighted by atomic mass is 10.1. The van der Waals surface area contributed by atoms with Gasteiger partial charge in [-0.05, 0) is 19.4 Å². The molecule has 1 atom stereocenters. The summed E-state index contributed by atoms with van der Waals surface area (Å²) in [5.74, 6) is 6.31. The molecule has 1 aromatic carbocycles. The van der Waals surface area contributed by atoms with E-state index < -0.39 is 6.10 Å². The van der Waals surface area contributed by atoms with Crippen molar-refractivity contribution in [2.75, 3.05) is 6.61 Å². The minimum absolute atomic E-state index is 0.365. The van der Waals surface area contributed by atoms with Crippen LogP contribution in [0.4, 0.5) is 0 Å². The highest BCUT2D eigenvalue weighted by Gasteiger charge is 2.10. The van der Waals surface area contributed by atoms with Gasteiger partial charge in [0, 0.05) is 5.56 Å². The molecule has 1 aromatic rings. The van der Waals surface area contributed by atoms with E-state index in [-0.39, 0.29) is 0 Å². The highest BCUT2D eigenvalue weighted by Crippen LogP contribution is 2.26. The van der Waals surface area contributed by atoms with Gasteiger partial charge in [-0.15, -0.1) is 5.92 Å². The number of rotatable bonds is 4. The highest BCUT2D eigenvalue weighted by atomic mass is 16.5. The molecule has 0 aromatic heterocycles. The van der Waals surface area contributed by atoms with E-state index in [2.05, 4.69) is 11.8 Å². The van der Waals surface area contributed by atoms with Crippen molar-refractivity contribution >= 4 is 0 Å². The number of benzene rings is 1. The van der Waals surface area contributed by atoms with Gasteiger partial charge in [0.1, 0.15) is 12.4 Å². The first-order chi connectivity index (χ1) is 7.29. The largest absolute Gasteiger partial charge is 0.481 e. The lowest BCUT2D eigenvalue weighted by molar-refractivity contribution is 0.168. The molecule has 0 fully saturated rings. The molecule has 0 aliphatic heterocycles. The van der Waals surface area contributed by atoms with Crippen LogP contribution < -0.4 is 4.74 Å². The summed E-state index contributed by atoms with van der Waals surface area (Å²) >= 11 is 0. The maximum absolute atomic E-state index is 9.75. The Hall–Kier alpha value is -1.46. The molecule has 2 heteroatoms. The second kappa shape index (κ2) is 6.10. The molecule has 1 rings (SSSR count). The number of hydrogen-bond donors (Lipinski definition) is 1. The minimum Gasteiger partial charge on any atom is -0.481 e. The van der Waals surface area contributed by atoms with Crippen molar-refractivity contribution in [2.45, 2.75) is 26.4 Å². The van der Waals surface area contributed by atoms with Gasteiger partial charge in [-0.3, -0.25) is 0 Å². The fourth-order valence-corrected chi connectivity index (χ4v) is 1.29.